The van der Waals surface area contributed by atoms with E-state index in [4.69, 9.17) is 16.3 Å². The van der Waals surface area contributed by atoms with Gasteiger partial charge < -0.3 is 10.1 Å². The van der Waals surface area contributed by atoms with E-state index < -0.39 is 35.2 Å². The molecule has 1 fully saturated rings. The molecule has 3 aromatic rings. The Bertz CT molecular complexity index is 1330. The smallest absolute Gasteiger partial charge is 0.294 e. The number of hydrogen-bond donors (Lipinski definition) is 1. The number of carbonyl (C=O) groups is 3. The highest BCUT2D eigenvalue weighted by Gasteiger charge is 2.36. The van der Waals surface area contributed by atoms with Crippen LogP contribution in [0.1, 0.15) is 11.1 Å². The lowest BCUT2D eigenvalue weighted by atomic mass is 10.2. The van der Waals surface area contributed by atoms with Crippen molar-refractivity contribution >= 4 is 52.2 Å². The van der Waals surface area contributed by atoms with Crippen LogP contribution in [0.15, 0.2) is 71.6 Å². The zero-order valence-electron chi connectivity index (χ0n) is 18.0. The molecule has 0 radical (unpaired) electrons. The fourth-order valence-electron chi connectivity index (χ4n) is 3.15. The van der Waals surface area contributed by atoms with Gasteiger partial charge in [0.15, 0.2) is 0 Å². The molecule has 35 heavy (non-hydrogen) atoms. The van der Waals surface area contributed by atoms with E-state index in [1.807, 2.05) is 12.1 Å². The van der Waals surface area contributed by atoms with E-state index in [0.29, 0.717) is 40.8 Å². The summed E-state index contributed by atoms with van der Waals surface area (Å²) in [5.41, 5.74) is 1.30. The van der Waals surface area contributed by atoms with Crippen molar-refractivity contribution in [2.75, 3.05) is 11.9 Å². The average Bonchev–Trinajstić information content (AvgIpc) is 3.08. The molecular formula is C25H17ClF2N2O4S. The third-order valence-corrected chi connectivity index (χ3v) is 6.01. The molecule has 0 unspecified atom stereocenters. The normalized spacial score (nSPS) is 14.5. The summed E-state index contributed by atoms with van der Waals surface area (Å²) in [5.74, 6) is -2.64. The molecule has 0 saturated carbocycles. The summed E-state index contributed by atoms with van der Waals surface area (Å²) < 4.78 is 32.6. The summed E-state index contributed by atoms with van der Waals surface area (Å²) in [7, 11) is 0. The number of nitrogens with zero attached hydrogens (tertiary/aromatic N) is 1. The minimum atomic E-state index is -0.967. The molecule has 3 aromatic carbocycles. The second-order valence-electron chi connectivity index (χ2n) is 7.43. The van der Waals surface area contributed by atoms with Crippen LogP contribution in [-0.2, 0) is 16.2 Å². The molecule has 1 aliphatic rings. The standard InChI is InChI=1S/C25H17ClF2N2O4S/c26-17-6-4-15(5-7-17)14-34-19-3-1-2-16(10-19)11-22-24(32)30(25(33)35-22)13-23(31)29-21-9-8-18(27)12-20(21)28/h1-12H,13-14H2,(H,29,31)/b22-11+. The van der Waals surface area contributed by atoms with Crippen LogP contribution in [0.3, 0.4) is 0 Å². The minimum Gasteiger partial charge on any atom is -0.489 e. The van der Waals surface area contributed by atoms with Gasteiger partial charge in [-0.25, -0.2) is 8.78 Å². The van der Waals surface area contributed by atoms with E-state index in [1.54, 1.807) is 36.4 Å². The zero-order valence-corrected chi connectivity index (χ0v) is 19.5. The van der Waals surface area contributed by atoms with Gasteiger partial charge in [-0.3, -0.25) is 19.3 Å². The number of anilines is 1. The summed E-state index contributed by atoms with van der Waals surface area (Å²) in [4.78, 5) is 38.2. The van der Waals surface area contributed by atoms with Crippen LogP contribution in [0.4, 0.5) is 19.3 Å². The molecule has 1 N–H and O–H groups in total. The maximum Gasteiger partial charge on any atom is 0.294 e. The largest absolute Gasteiger partial charge is 0.489 e. The maximum atomic E-state index is 13.8. The predicted molar refractivity (Wildman–Crippen MR) is 130 cm³/mol. The number of imide groups is 1. The van der Waals surface area contributed by atoms with E-state index in [0.717, 1.165) is 22.6 Å². The number of nitrogens with one attached hydrogen (secondary N) is 1. The number of rotatable bonds is 7. The number of amides is 3. The summed E-state index contributed by atoms with van der Waals surface area (Å²) in [6.07, 6.45) is 1.53. The molecule has 178 valence electrons. The molecule has 0 aromatic heterocycles. The highest BCUT2D eigenvalue weighted by atomic mass is 35.5. The van der Waals surface area contributed by atoms with E-state index in [1.165, 1.54) is 6.08 Å². The van der Waals surface area contributed by atoms with Crippen molar-refractivity contribution in [2.24, 2.45) is 0 Å². The molecule has 0 bridgehead atoms. The minimum absolute atomic E-state index is 0.130. The summed E-state index contributed by atoms with van der Waals surface area (Å²) in [5, 5.41) is 2.22. The topological polar surface area (TPSA) is 75.7 Å². The van der Waals surface area contributed by atoms with Gasteiger partial charge in [0.25, 0.3) is 11.1 Å². The van der Waals surface area contributed by atoms with Crippen LogP contribution in [0, 0.1) is 11.6 Å². The zero-order chi connectivity index (χ0) is 24.9. The molecular weight excluding hydrogens is 498 g/mol. The van der Waals surface area contributed by atoms with Gasteiger partial charge in [0.1, 0.15) is 30.5 Å². The van der Waals surface area contributed by atoms with Crippen LogP contribution in [-0.4, -0.2) is 28.5 Å². The van der Waals surface area contributed by atoms with Crippen LogP contribution in [0.25, 0.3) is 6.08 Å². The van der Waals surface area contributed by atoms with Crippen LogP contribution in [0.5, 0.6) is 5.75 Å². The highest BCUT2D eigenvalue weighted by molar-refractivity contribution is 8.18. The lowest BCUT2D eigenvalue weighted by molar-refractivity contribution is -0.127. The SMILES string of the molecule is O=C(CN1C(=O)S/C(=C/c2cccc(OCc3ccc(Cl)cc3)c2)C1=O)Nc1ccc(F)cc1F. The predicted octanol–water partition coefficient (Wildman–Crippen LogP) is 5.87. The van der Waals surface area contributed by atoms with Gasteiger partial charge in [-0.15, -0.1) is 0 Å². The fourth-order valence-corrected chi connectivity index (χ4v) is 4.12. The first-order chi connectivity index (χ1) is 16.8. The first-order valence-electron chi connectivity index (χ1n) is 10.3. The lowest BCUT2D eigenvalue weighted by Gasteiger charge is -2.12. The molecule has 6 nitrogen and oxygen atoms in total. The molecule has 0 aliphatic carbocycles. The number of hydrogen-bond acceptors (Lipinski definition) is 5. The molecule has 1 aliphatic heterocycles. The van der Waals surface area contributed by atoms with E-state index in [2.05, 4.69) is 5.32 Å². The van der Waals surface area contributed by atoms with Crippen molar-refractivity contribution in [2.45, 2.75) is 6.61 Å². The lowest BCUT2D eigenvalue weighted by Crippen LogP contribution is -2.36. The third kappa shape index (κ3) is 6.26. The van der Waals surface area contributed by atoms with Crippen LogP contribution >= 0.6 is 23.4 Å². The monoisotopic (exact) mass is 514 g/mol. The van der Waals surface area contributed by atoms with Gasteiger partial charge in [-0.2, -0.15) is 0 Å². The Balaban J connectivity index is 1.40. The van der Waals surface area contributed by atoms with Crippen molar-refractivity contribution in [3.63, 3.8) is 0 Å². The third-order valence-electron chi connectivity index (χ3n) is 4.86. The van der Waals surface area contributed by atoms with Gasteiger partial charge in [0, 0.05) is 11.1 Å². The Morgan fingerprint density at radius 2 is 1.83 bits per heavy atom. The summed E-state index contributed by atoms with van der Waals surface area (Å²) in [6.45, 7) is -0.288. The highest BCUT2D eigenvalue weighted by Crippen LogP contribution is 2.32. The van der Waals surface area contributed by atoms with Gasteiger partial charge >= 0.3 is 0 Å². The van der Waals surface area contributed by atoms with E-state index in [9.17, 15) is 23.2 Å². The summed E-state index contributed by atoms with van der Waals surface area (Å²) in [6, 6.07) is 16.9. The van der Waals surface area contributed by atoms with E-state index >= 15 is 0 Å². The summed E-state index contributed by atoms with van der Waals surface area (Å²) >= 11 is 6.57. The second-order valence-corrected chi connectivity index (χ2v) is 8.86. The quantitative estimate of drug-likeness (QED) is 0.399. The van der Waals surface area contributed by atoms with Gasteiger partial charge in [0.2, 0.25) is 5.91 Å². The number of carbonyl (C=O) groups excluding carboxylic acids is 3. The number of ether oxygens (including phenoxy) is 1. The Hall–Kier alpha value is -3.69. The van der Waals surface area contributed by atoms with Crippen molar-refractivity contribution in [1.82, 2.24) is 4.90 Å². The molecule has 0 spiro atoms. The Morgan fingerprint density at radius 1 is 1.06 bits per heavy atom. The Morgan fingerprint density at radius 3 is 2.57 bits per heavy atom. The van der Waals surface area contributed by atoms with Gasteiger partial charge in [-0.1, -0.05) is 35.9 Å². The number of halogens is 3. The molecule has 0 atom stereocenters. The Kier molecular flexibility index (Phi) is 7.48. The van der Waals surface area contributed by atoms with Crippen molar-refractivity contribution in [1.29, 1.82) is 0 Å². The first-order valence-corrected chi connectivity index (χ1v) is 11.5. The Labute approximate surface area is 208 Å². The molecule has 1 saturated heterocycles. The van der Waals surface area contributed by atoms with Crippen LogP contribution < -0.4 is 10.1 Å². The average molecular weight is 515 g/mol. The van der Waals surface area contributed by atoms with Crippen molar-refractivity contribution in [3.05, 3.63) is 99.4 Å². The fraction of sp³-hybridized carbons (Fsp3) is 0.0800. The maximum absolute atomic E-state index is 13.8. The van der Waals surface area contributed by atoms with E-state index in [-0.39, 0.29) is 10.6 Å². The molecule has 3 amide bonds. The van der Waals surface area contributed by atoms with Crippen molar-refractivity contribution < 1.29 is 27.9 Å². The molecule has 10 heteroatoms. The molecule has 4 rings (SSSR count). The number of thioether (sulfide) groups is 1. The van der Waals surface area contributed by atoms with Crippen molar-refractivity contribution in [3.8, 4) is 5.75 Å². The van der Waals surface area contributed by atoms with Gasteiger partial charge in [0.05, 0.1) is 10.6 Å². The van der Waals surface area contributed by atoms with Gasteiger partial charge in [-0.05, 0) is 65.4 Å². The first kappa shape index (κ1) is 24.4. The van der Waals surface area contributed by atoms with Crippen LogP contribution in [0.2, 0.25) is 5.02 Å². The molecule has 1 heterocycles. The second kappa shape index (κ2) is 10.7. The number of benzene rings is 3.